The Kier molecular flexibility index (Phi) is 23.0. The van der Waals surface area contributed by atoms with Crippen molar-refractivity contribution in [3.63, 3.8) is 0 Å². The minimum atomic E-state index is 1.20. The molecule has 0 atom stereocenters. The zero-order valence-electron chi connectivity index (χ0n) is 43.2. The van der Waals surface area contributed by atoms with Gasteiger partial charge in [-0.1, -0.05) is 254 Å². The molecule has 6 heterocycles. The predicted octanol–water partition coefficient (Wildman–Crippen LogP) is 25.0. The fraction of sp³-hybridized carbons (Fsp3) is 0.531. The summed E-state index contributed by atoms with van der Waals surface area (Å²) in [6.07, 6.45) is 44.7. The molecule has 0 bridgehead atoms. The summed E-state index contributed by atoms with van der Waals surface area (Å²) < 4.78 is 9.44. The third-order valence-electron chi connectivity index (χ3n) is 14.8. The molecule has 0 saturated carbocycles. The predicted molar refractivity (Wildman–Crippen MR) is 325 cm³/mol. The molecule has 2 aromatic carbocycles. The van der Waals surface area contributed by atoms with Gasteiger partial charge in [-0.25, -0.2) is 0 Å². The normalized spacial score (nSPS) is 12.0. The Bertz CT molecular complexity index is 2470. The smallest absolute Gasteiger partial charge is 0.0651 e. The van der Waals surface area contributed by atoms with E-state index in [9.17, 15) is 0 Å². The monoisotopic (exact) mass is 1040 g/mol. The summed E-state index contributed by atoms with van der Waals surface area (Å²) in [6, 6.07) is 31.6. The zero-order chi connectivity index (χ0) is 48.0. The molecule has 8 aromatic rings. The van der Waals surface area contributed by atoms with Gasteiger partial charge in [-0.05, 0) is 72.2 Å². The van der Waals surface area contributed by atoms with Gasteiger partial charge in [0.15, 0.2) is 0 Å². The van der Waals surface area contributed by atoms with Crippen molar-refractivity contribution in [3.05, 3.63) is 96.1 Å². The minimum Gasteiger partial charge on any atom is -0.134 e. The molecule has 8 rings (SSSR count). The Balaban J connectivity index is 0.945. The highest BCUT2D eigenvalue weighted by molar-refractivity contribution is 7.46. The molecule has 0 saturated heterocycles. The molecule has 0 N–H and O–H groups in total. The molecule has 0 fully saturated rings. The number of unbranched alkanes of at least 4 members (excludes halogenated alkanes) is 28. The fourth-order valence-corrected chi connectivity index (χ4v) is 19.2. The molecular formula is C64H84S6. The first-order chi connectivity index (χ1) is 34.7. The molecule has 0 nitrogen and oxygen atoms in total. The maximum atomic E-state index is 2.43. The molecule has 376 valence electrons. The summed E-state index contributed by atoms with van der Waals surface area (Å²) in [5.74, 6) is 0. The van der Waals surface area contributed by atoms with Gasteiger partial charge in [-0.3, -0.25) is 0 Å². The van der Waals surface area contributed by atoms with Crippen LogP contribution in [0, 0.1) is 0 Å². The summed E-state index contributed by atoms with van der Waals surface area (Å²) in [6.45, 7) is 4.63. The molecule has 6 aromatic heterocycles. The Hall–Kier alpha value is -2.58. The van der Waals surface area contributed by atoms with Gasteiger partial charge >= 0.3 is 0 Å². The van der Waals surface area contributed by atoms with Gasteiger partial charge in [-0.15, -0.1) is 68.0 Å². The lowest BCUT2D eigenvalue weighted by atomic mass is 10.0. The SMILES string of the molecule is CCCCCCCCCCCCCCCCCc1c(-c2ccc(-c3ccccc3)s2)sc2c1sc1c3sc(-c4ccc(-c5ccccc5)s4)c(CCCCCCCCCCCCCCCCC)c3sc21. The van der Waals surface area contributed by atoms with Gasteiger partial charge in [-0.2, -0.15) is 0 Å². The average molecular weight is 1050 g/mol. The van der Waals surface area contributed by atoms with Crippen LogP contribution in [-0.4, -0.2) is 0 Å². The number of thiophene rings is 6. The van der Waals surface area contributed by atoms with Gasteiger partial charge < -0.3 is 0 Å². The van der Waals surface area contributed by atoms with Crippen molar-refractivity contribution in [1.29, 1.82) is 0 Å². The van der Waals surface area contributed by atoms with E-state index in [1.165, 1.54) is 236 Å². The van der Waals surface area contributed by atoms with E-state index in [2.05, 4.69) is 144 Å². The van der Waals surface area contributed by atoms with Crippen LogP contribution in [0.1, 0.15) is 218 Å². The molecule has 0 aliphatic rings. The van der Waals surface area contributed by atoms with Crippen LogP contribution in [-0.2, 0) is 12.8 Å². The van der Waals surface area contributed by atoms with Gasteiger partial charge in [0.1, 0.15) is 0 Å². The summed E-state index contributed by atoms with van der Waals surface area (Å²) in [5, 5.41) is 0. The number of aryl methyl sites for hydroxylation is 2. The number of hydrogen-bond acceptors (Lipinski definition) is 6. The van der Waals surface area contributed by atoms with E-state index in [1.54, 1.807) is 49.1 Å². The van der Waals surface area contributed by atoms with Crippen LogP contribution < -0.4 is 0 Å². The Morgan fingerprint density at radius 1 is 0.243 bits per heavy atom. The van der Waals surface area contributed by atoms with Crippen LogP contribution in [0.2, 0.25) is 0 Å². The van der Waals surface area contributed by atoms with Gasteiger partial charge in [0, 0.05) is 29.3 Å². The molecule has 0 amide bonds. The molecule has 70 heavy (non-hydrogen) atoms. The fourth-order valence-electron chi connectivity index (χ4n) is 10.6. The first-order valence-corrected chi connectivity index (χ1v) is 33.4. The van der Waals surface area contributed by atoms with Crippen molar-refractivity contribution in [2.45, 2.75) is 219 Å². The first-order valence-electron chi connectivity index (χ1n) is 28.5. The van der Waals surface area contributed by atoms with E-state index in [4.69, 9.17) is 0 Å². The van der Waals surface area contributed by atoms with E-state index >= 15 is 0 Å². The molecule has 0 radical (unpaired) electrons. The molecule has 0 spiro atoms. The van der Waals surface area contributed by atoms with E-state index in [1.807, 2.05) is 22.7 Å². The summed E-state index contributed by atoms with van der Waals surface area (Å²) in [4.78, 5) is 8.76. The van der Waals surface area contributed by atoms with Crippen LogP contribution in [0.4, 0.5) is 0 Å². The van der Waals surface area contributed by atoms with Crippen LogP contribution in [0.15, 0.2) is 84.9 Å². The molecule has 6 heteroatoms. The second-order valence-electron chi connectivity index (χ2n) is 20.5. The van der Waals surface area contributed by atoms with Crippen LogP contribution in [0.5, 0.6) is 0 Å². The zero-order valence-corrected chi connectivity index (χ0v) is 48.1. The lowest BCUT2D eigenvalue weighted by Gasteiger charge is -2.05. The van der Waals surface area contributed by atoms with Crippen molar-refractivity contribution in [3.8, 4) is 40.4 Å². The third-order valence-corrected chi connectivity index (χ3v) is 23.1. The summed E-state index contributed by atoms with van der Waals surface area (Å²) >= 11 is 12.5. The number of benzene rings is 2. The van der Waals surface area contributed by atoms with Gasteiger partial charge in [0.2, 0.25) is 0 Å². The number of fused-ring (bicyclic) bond motifs is 5. The third kappa shape index (κ3) is 15.3. The lowest BCUT2D eigenvalue weighted by molar-refractivity contribution is 0.532. The molecular weight excluding hydrogens is 961 g/mol. The number of rotatable bonds is 36. The van der Waals surface area contributed by atoms with E-state index in [-0.39, 0.29) is 0 Å². The van der Waals surface area contributed by atoms with Crippen molar-refractivity contribution in [2.75, 3.05) is 0 Å². The number of hydrogen-bond donors (Lipinski definition) is 0. The second kappa shape index (κ2) is 30.0. The lowest BCUT2D eigenvalue weighted by Crippen LogP contribution is -1.87. The minimum absolute atomic E-state index is 1.20. The largest absolute Gasteiger partial charge is 0.134 e. The van der Waals surface area contributed by atoms with Crippen LogP contribution in [0.25, 0.3) is 68.6 Å². The maximum Gasteiger partial charge on any atom is 0.0651 e. The Morgan fingerprint density at radius 3 is 0.829 bits per heavy atom. The summed E-state index contributed by atoms with van der Waals surface area (Å²) in [7, 11) is 0. The first kappa shape index (κ1) is 53.7. The van der Waals surface area contributed by atoms with Crippen molar-refractivity contribution >= 4 is 96.2 Å². The van der Waals surface area contributed by atoms with Crippen LogP contribution >= 0.6 is 68.0 Å². The topological polar surface area (TPSA) is 0 Å². The highest BCUT2D eigenvalue weighted by Crippen LogP contribution is 2.57. The Morgan fingerprint density at radius 2 is 0.514 bits per heavy atom. The highest BCUT2D eigenvalue weighted by atomic mass is 32.1. The standard InChI is InChI=1S/C64H84S6/c1-3-5-7-9-11-13-15-17-19-21-23-25-27-29-37-43-51-57(55-47-45-53(65-55)49-39-33-31-34-40-49)67-61-59(51)69-64-62-60(70-63(61)64)52(58(68-62)56-48-46-54(66-56)50-41-35-32-36-42-50)44-38-30-28-26-24-22-20-18-16-14-12-10-8-6-4-2/h31-36,39-42,45-48H,3-30,37-38,43-44H2,1-2H3. The average Bonchev–Trinajstić information content (AvgIpc) is 4.26. The Labute approximate surface area is 448 Å². The van der Waals surface area contributed by atoms with Crippen LogP contribution in [0.3, 0.4) is 0 Å². The van der Waals surface area contributed by atoms with E-state index in [0.29, 0.717) is 0 Å². The quantitative estimate of drug-likeness (QED) is 0.0344. The van der Waals surface area contributed by atoms with E-state index in [0.717, 1.165) is 0 Å². The summed E-state index contributed by atoms with van der Waals surface area (Å²) in [5.41, 5.74) is 5.94. The van der Waals surface area contributed by atoms with Gasteiger partial charge in [0.25, 0.3) is 0 Å². The van der Waals surface area contributed by atoms with Crippen molar-refractivity contribution < 1.29 is 0 Å². The van der Waals surface area contributed by atoms with Gasteiger partial charge in [0.05, 0.1) is 28.2 Å². The second-order valence-corrected chi connectivity index (χ2v) is 26.7. The molecule has 0 aliphatic carbocycles. The molecule has 0 aliphatic heterocycles. The maximum absolute atomic E-state index is 2.43. The van der Waals surface area contributed by atoms with Crippen molar-refractivity contribution in [1.82, 2.24) is 0 Å². The van der Waals surface area contributed by atoms with E-state index < -0.39 is 0 Å². The highest BCUT2D eigenvalue weighted by Gasteiger charge is 2.26. The molecule has 0 unspecified atom stereocenters. The van der Waals surface area contributed by atoms with Crippen molar-refractivity contribution in [2.24, 2.45) is 0 Å².